The van der Waals surface area contributed by atoms with Gasteiger partial charge in [-0.3, -0.25) is 0 Å². The van der Waals surface area contributed by atoms with Crippen molar-refractivity contribution < 1.29 is 9.50 Å². The van der Waals surface area contributed by atoms with E-state index in [0.29, 0.717) is 10.2 Å². The van der Waals surface area contributed by atoms with Gasteiger partial charge < -0.3 is 10.4 Å². The molecule has 1 unspecified atom stereocenters. The van der Waals surface area contributed by atoms with E-state index in [1.165, 1.54) is 6.07 Å². The Balaban J connectivity index is 2.16. The lowest BCUT2D eigenvalue weighted by Gasteiger charge is -2.16. The Morgan fingerprint density at radius 3 is 2.67 bits per heavy atom. The zero-order chi connectivity index (χ0) is 13.1. The number of halogens is 2. The lowest BCUT2D eigenvalue weighted by molar-refractivity contribution is 0.474. The standard InChI is InChI=1S/C14H13BrFNO/c1-9(10-3-2-4-12(18)7-10)17-11-5-6-13(15)14(16)8-11/h2-9,17-18H,1H3. The van der Waals surface area contributed by atoms with E-state index in [9.17, 15) is 9.50 Å². The van der Waals surface area contributed by atoms with E-state index in [1.54, 1.807) is 30.3 Å². The first-order valence-electron chi connectivity index (χ1n) is 5.57. The van der Waals surface area contributed by atoms with Gasteiger partial charge in [-0.15, -0.1) is 0 Å². The highest BCUT2D eigenvalue weighted by atomic mass is 79.9. The fourth-order valence-corrected chi connectivity index (χ4v) is 1.96. The fraction of sp³-hybridized carbons (Fsp3) is 0.143. The molecule has 94 valence electrons. The van der Waals surface area contributed by atoms with Gasteiger partial charge in [0.2, 0.25) is 0 Å². The molecular formula is C14H13BrFNO. The summed E-state index contributed by atoms with van der Waals surface area (Å²) in [7, 11) is 0. The SMILES string of the molecule is CC(Nc1ccc(Br)c(F)c1)c1cccc(O)c1. The molecule has 18 heavy (non-hydrogen) atoms. The molecule has 2 aromatic rings. The Kier molecular flexibility index (Phi) is 3.87. The molecule has 0 saturated carbocycles. The van der Waals surface area contributed by atoms with E-state index in [4.69, 9.17) is 0 Å². The first-order valence-corrected chi connectivity index (χ1v) is 6.36. The molecule has 2 N–H and O–H groups in total. The molecule has 0 aliphatic heterocycles. The summed E-state index contributed by atoms with van der Waals surface area (Å²) in [5, 5.41) is 12.6. The minimum Gasteiger partial charge on any atom is -0.508 e. The first-order chi connectivity index (χ1) is 8.56. The van der Waals surface area contributed by atoms with Crippen LogP contribution in [0.1, 0.15) is 18.5 Å². The number of phenolic OH excluding ortho intramolecular Hbond substituents is 1. The van der Waals surface area contributed by atoms with Crippen molar-refractivity contribution in [2.24, 2.45) is 0 Å². The summed E-state index contributed by atoms with van der Waals surface area (Å²) in [6.07, 6.45) is 0. The lowest BCUT2D eigenvalue weighted by atomic mass is 10.1. The quantitative estimate of drug-likeness (QED) is 0.877. The molecule has 0 heterocycles. The van der Waals surface area contributed by atoms with Gasteiger partial charge in [0.15, 0.2) is 0 Å². The van der Waals surface area contributed by atoms with Gasteiger partial charge in [-0.1, -0.05) is 12.1 Å². The van der Waals surface area contributed by atoms with Gasteiger partial charge >= 0.3 is 0 Å². The van der Waals surface area contributed by atoms with Gasteiger partial charge in [-0.2, -0.15) is 0 Å². The maximum absolute atomic E-state index is 13.4. The Morgan fingerprint density at radius 1 is 1.22 bits per heavy atom. The second-order valence-electron chi connectivity index (χ2n) is 4.09. The van der Waals surface area contributed by atoms with Crippen molar-refractivity contribution in [1.82, 2.24) is 0 Å². The van der Waals surface area contributed by atoms with Crippen LogP contribution in [0.2, 0.25) is 0 Å². The van der Waals surface area contributed by atoms with Gasteiger partial charge in [0.1, 0.15) is 11.6 Å². The topological polar surface area (TPSA) is 32.3 Å². The number of phenols is 1. The third kappa shape index (κ3) is 3.01. The highest BCUT2D eigenvalue weighted by Gasteiger charge is 2.07. The minimum atomic E-state index is -0.303. The molecule has 0 bridgehead atoms. The first kappa shape index (κ1) is 12.9. The highest BCUT2D eigenvalue weighted by molar-refractivity contribution is 9.10. The number of anilines is 1. The maximum Gasteiger partial charge on any atom is 0.139 e. The molecule has 0 aliphatic rings. The van der Waals surface area contributed by atoms with Crippen molar-refractivity contribution in [1.29, 1.82) is 0 Å². The Labute approximate surface area is 114 Å². The monoisotopic (exact) mass is 309 g/mol. The van der Waals surface area contributed by atoms with Crippen LogP contribution in [0.5, 0.6) is 5.75 Å². The molecule has 0 aliphatic carbocycles. The van der Waals surface area contributed by atoms with Crippen LogP contribution in [0.25, 0.3) is 0 Å². The van der Waals surface area contributed by atoms with E-state index in [-0.39, 0.29) is 17.6 Å². The summed E-state index contributed by atoms with van der Waals surface area (Å²) in [4.78, 5) is 0. The minimum absolute atomic E-state index is 0.0160. The Hall–Kier alpha value is -1.55. The van der Waals surface area contributed by atoms with Crippen molar-refractivity contribution in [2.45, 2.75) is 13.0 Å². The van der Waals surface area contributed by atoms with E-state index in [0.717, 1.165) is 5.56 Å². The molecule has 0 spiro atoms. The van der Waals surface area contributed by atoms with Crippen LogP contribution < -0.4 is 5.32 Å². The molecule has 0 fully saturated rings. The molecule has 0 aromatic heterocycles. The summed E-state index contributed by atoms with van der Waals surface area (Å²) in [6, 6.07) is 11.9. The van der Waals surface area contributed by atoms with Crippen molar-refractivity contribution >= 4 is 21.6 Å². The van der Waals surface area contributed by atoms with Crippen molar-refractivity contribution in [2.75, 3.05) is 5.32 Å². The van der Waals surface area contributed by atoms with Gasteiger partial charge in [-0.05, 0) is 58.7 Å². The summed E-state index contributed by atoms with van der Waals surface area (Å²) >= 11 is 3.11. The third-order valence-corrected chi connectivity index (χ3v) is 3.32. The van der Waals surface area contributed by atoms with E-state index < -0.39 is 0 Å². The van der Waals surface area contributed by atoms with Crippen LogP contribution in [-0.2, 0) is 0 Å². The van der Waals surface area contributed by atoms with E-state index in [1.807, 2.05) is 13.0 Å². The number of hydrogen-bond acceptors (Lipinski definition) is 2. The van der Waals surface area contributed by atoms with Crippen LogP contribution in [0, 0.1) is 5.82 Å². The van der Waals surface area contributed by atoms with Crippen molar-refractivity contribution in [3.8, 4) is 5.75 Å². The molecule has 0 saturated heterocycles. The average Bonchev–Trinajstić information content (AvgIpc) is 2.34. The normalized spacial score (nSPS) is 12.2. The molecule has 1 atom stereocenters. The van der Waals surface area contributed by atoms with Crippen LogP contribution in [-0.4, -0.2) is 5.11 Å². The molecular weight excluding hydrogens is 297 g/mol. The van der Waals surface area contributed by atoms with E-state index >= 15 is 0 Å². The maximum atomic E-state index is 13.4. The zero-order valence-corrected chi connectivity index (χ0v) is 11.4. The molecule has 2 rings (SSSR count). The zero-order valence-electron chi connectivity index (χ0n) is 9.82. The van der Waals surface area contributed by atoms with Gasteiger partial charge in [0.05, 0.1) is 4.47 Å². The average molecular weight is 310 g/mol. The smallest absolute Gasteiger partial charge is 0.139 e. The molecule has 2 aromatic carbocycles. The summed E-state index contributed by atoms with van der Waals surface area (Å²) in [5.41, 5.74) is 1.64. The predicted molar refractivity (Wildman–Crippen MR) is 74.2 cm³/mol. The van der Waals surface area contributed by atoms with Gasteiger partial charge in [0, 0.05) is 11.7 Å². The lowest BCUT2D eigenvalue weighted by Crippen LogP contribution is -2.06. The summed E-state index contributed by atoms with van der Waals surface area (Å²) < 4.78 is 13.8. The van der Waals surface area contributed by atoms with Crippen LogP contribution in [0.4, 0.5) is 10.1 Å². The fourth-order valence-electron chi connectivity index (χ4n) is 1.71. The number of rotatable bonds is 3. The van der Waals surface area contributed by atoms with Gasteiger partial charge in [0.25, 0.3) is 0 Å². The molecule has 0 amide bonds. The number of nitrogens with one attached hydrogen (secondary N) is 1. The predicted octanol–water partition coefficient (Wildman–Crippen LogP) is 4.47. The third-order valence-electron chi connectivity index (χ3n) is 2.67. The second kappa shape index (κ2) is 5.40. The van der Waals surface area contributed by atoms with Crippen molar-refractivity contribution in [3.05, 3.63) is 58.3 Å². The molecule has 4 heteroatoms. The second-order valence-corrected chi connectivity index (χ2v) is 4.94. The number of benzene rings is 2. The van der Waals surface area contributed by atoms with Gasteiger partial charge in [-0.25, -0.2) is 4.39 Å². The summed E-state index contributed by atoms with van der Waals surface area (Å²) in [6.45, 7) is 1.95. The largest absolute Gasteiger partial charge is 0.508 e. The highest BCUT2D eigenvalue weighted by Crippen LogP contribution is 2.24. The summed E-state index contributed by atoms with van der Waals surface area (Å²) in [5.74, 6) is -0.0776. The van der Waals surface area contributed by atoms with Crippen LogP contribution in [0.15, 0.2) is 46.9 Å². The Morgan fingerprint density at radius 2 is 2.00 bits per heavy atom. The number of hydrogen-bond donors (Lipinski definition) is 2. The number of aromatic hydroxyl groups is 1. The molecule has 0 radical (unpaired) electrons. The molecule has 2 nitrogen and oxygen atoms in total. The Bertz CT molecular complexity index is 559. The van der Waals surface area contributed by atoms with E-state index in [2.05, 4.69) is 21.2 Å². The van der Waals surface area contributed by atoms with Crippen LogP contribution in [0.3, 0.4) is 0 Å². The van der Waals surface area contributed by atoms with Crippen LogP contribution >= 0.6 is 15.9 Å². The van der Waals surface area contributed by atoms with Crippen molar-refractivity contribution in [3.63, 3.8) is 0 Å².